The van der Waals surface area contributed by atoms with Gasteiger partial charge in [0.25, 0.3) is 0 Å². The van der Waals surface area contributed by atoms with Gasteiger partial charge < -0.3 is 4.42 Å². The summed E-state index contributed by atoms with van der Waals surface area (Å²) in [5.41, 5.74) is 15.8. The van der Waals surface area contributed by atoms with Gasteiger partial charge in [0, 0.05) is 27.5 Å². The van der Waals surface area contributed by atoms with E-state index in [-0.39, 0.29) is 0 Å². The van der Waals surface area contributed by atoms with Crippen LogP contribution in [0.15, 0.2) is 229 Å². The number of rotatable bonds is 7. The highest BCUT2D eigenvalue weighted by atomic mass is 16.3. The third-order valence-electron chi connectivity index (χ3n) is 12.4. The van der Waals surface area contributed by atoms with Crippen LogP contribution >= 0.6 is 0 Å². The van der Waals surface area contributed by atoms with Crippen LogP contribution in [0, 0.1) is 0 Å². The highest BCUT2D eigenvalue weighted by molar-refractivity contribution is 6.14. The molecule has 0 atom stereocenters. The minimum absolute atomic E-state index is 0.509. The van der Waals surface area contributed by atoms with Crippen LogP contribution in [0.4, 0.5) is 0 Å². The number of fused-ring (bicyclic) bond motifs is 6. The molecule has 4 nitrogen and oxygen atoms in total. The average Bonchev–Trinajstić information content (AvgIpc) is 3.87. The van der Waals surface area contributed by atoms with Gasteiger partial charge in [-0.05, 0) is 79.9 Å². The van der Waals surface area contributed by atoms with Gasteiger partial charge in [-0.15, -0.1) is 0 Å². The van der Waals surface area contributed by atoms with Crippen LogP contribution in [0.3, 0.4) is 0 Å². The molecule has 4 heteroatoms. The highest BCUT2D eigenvalue weighted by Gasteiger charge is 2.46. The van der Waals surface area contributed by atoms with Gasteiger partial charge in [-0.25, -0.2) is 15.0 Å². The first kappa shape index (κ1) is 35.7. The van der Waals surface area contributed by atoms with Gasteiger partial charge in [-0.3, -0.25) is 0 Å². The number of benzene rings is 9. The van der Waals surface area contributed by atoms with Crippen molar-refractivity contribution in [3.05, 3.63) is 247 Å². The van der Waals surface area contributed by atoms with E-state index in [9.17, 15) is 0 Å². The lowest BCUT2D eigenvalue weighted by Gasteiger charge is -2.33. The Morgan fingerprint density at radius 1 is 0.306 bits per heavy atom. The highest BCUT2D eigenvalue weighted by Crippen LogP contribution is 2.57. The molecule has 2 heterocycles. The Kier molecular flexibility index (Phi) is 8.36. The third-order valence-corrected chi connectivity index (χ3v) is 12.4. The molecule has 0 saturated carbocycles. The fraction of sp³-hybridized carbons (Fsp3) is 0.0172. The van der Waals surface area contributed by atoms with E-state index < -0.39 is 5.41 Å². The minimum atomic E-state index is -0.509. The quantitative estimate of drug-likeness (QED) is 0.161. The largest absolute Gasteiger partial charge is 0.456 e. The molecule has 0 bridgehead atoms. The predicted octanol–water partition coefficient (Wildman–Crippen LogP) is 14.5. The molecule has 62 heavy (non-hydrogen) atoms. The predicted molar refractivity (Wildman–Crippen MR) is 252 cm³/mol. The summed E-state index contributed by atoms with van der Waals surface area (Å²) in [6.07, 6.45) is 0. The van der Waals surface area contributed by atoms with Crippen molar-refractivity contribution in [2.45, 2.75) is 5.41 Å². The lowest BCUT2D eigenvalue weighted by atomic mass is 9.67. The van der Waals surface area contributed by atoms with Crippen LogP contribution in [0.1, 0.15) is 22.3 Å². The summed E-state index contributed by atoms with van der Waals surface area (Å²) >= 11 is 0. The van der Waals surface area contributed by atoms with Crippen molar-refractivity contribution in [2.75, 3.05) is 0 Å². The second-order valence-electron chi connectivity index (χ2n) is 15.9. The molecule has 0 fully saturated rings. The molecule has 0 aliphatic heterocycles. The summed E-state index contributed by atoms with van der Waals surface area (Å²) in [5, 5.41) is 2.16. The third kappa shape index (κ3) is 5.72. The molecule has 0 amide bonds. The Morgan fingerprint density at radius 3 is 1.47 bits per heavy atom. The zero-order valence-electron chi connectivity index (χ0n) is 33.6. The van der Waals surface area contributed by atoms with Crippen molar-refractivity contribution in [2.24, 2.45) is 0 Å². The maximum Gasteiger partial charge on any atom is 0.164 e. The number of furan rings is 1. The molecular weight excluding hydrogens is 755 g/mol. The molecule has 1 aliphatic rings. The summed E-state index contributed by atoms with van der Waals surface area (Å²) in [5.74, 6) is 1.86. The molecule has 290 valence electrons. The molecule has 12 rings (SSSR count). The monoisotopic (exact) mass is 791 g/mol. The first-order valence-electron chi connectivity index (χ1n) is 21.0. The van der Waals surface area contributed by atoms with E-state index in [1.807, 2.05) is 36.4 Å². The van der Waals surface area contributed by atoms with E-state index in [0.717, 1.165) is 55.3 Å². The Bertz CT molecular complexity index is 3390. The van der Waals surface area contributed by atoms with Gasteiger partial charge in [-0.2, -0.15) is 0 Å². The lowest BCUT2D eigenvalue weighted by Crippen LogP contribution is -2.28. The maximum atomic E-state index is 6.85. The second kappa shape index (κ2) is 14.5. The van der Waals surface area contributed by atoms with E-state index in [1.165, 1.54) is 38.9 Å². The molecule has 0 spiro atoms. The first-order chi connectivity index (χ1) is 30.7. The van der Waals surface area contributed by atoms with Crippen LogP contribution in [-0.4, -0.2) is 15.0 Å². The summed E-state index contributed by atoms with van der Waals surface area (Å²) in [6, 6.07) is 79.2. The van der Waals surface area contributed by atoms with Gasteiger partial charge in [0.15, 0.2) is 17.5 Å². The fourth-order valence-corrected chi connectivity index (χ4v) is 9.62. The van der Waals surface area contributed by atoms with Gasteiger partial charge in [0.1, 0.15) is 11.2 Å². The van der Waals surface area contributed by atoms with Crippen molar-refractivity contribution in [1.82, 2.24) is 15.0 Å². The second-order valence-corrected chi connectivity index (χ2v) is 15.9. The Labute approximate surface area is 359 Å². The molecular formula is C58H37N3O. The normalized spacial score (nSPS) is 12.6. The summed E-state index contributed by atoms with van der Waals surface area (Å²) in [4.78, 5) is 15.2. The van der Waals surface area contributed by atoms with Crippen LogP contribution in [0.25, 0.3) is 89.5 Å². The van der Waals surface area contributed by atoms with Crippen molar-refractivity contribution in [3.63, 3.8) is 0 Å². The molecule has 2 aromatic heterocycles. The number of hydrogen-bond donors (Lipinski definition) is 0. The lowest BCUT2D eigenvalue weighted by molar-refractivity contribution is 0.666. The average molecular weight is 792 g/mol. The fourth-order valence-electron chi connectivity index (χ4n) is 9.62. The first-order valence-corrected chi connectivity index (χ1v) is 21.0. The van der Waals surface area contributed by atoms with Gasteiger partial charge in [0.05, 0.1) is 5.41 Å². The summed E-state index contributed by atoms with van der Waals surface area (Å²) < 4.78 is 6.85. The summed E-state index contributed by atoms with van der Waals surface area (Å²) in [7, 11) is 0. The molecule has 0 unspecified atom stereocenters. The van der Waals surface area contributed by atoms with Crippen molar-refractivity contribution in [1.29, 1.82) is 0 Å². The molecule has 1 aliphatic carbocycles. The number of aromatic nitrogens is 3. The van der Waals surface area contributed by atoms with Crippen LogP contribution < -0.4 is 0 Å². The molecule has 0 N–H and O–H groups in total. The standard InChI is InChI=1S/C58H37N3O/c1-5-17-38(18-6-1)39-31-33-41(34-32-39)56-59-55(40-19-7-2-8-20-40)60-57(61-56)43-22-15-21-42(35-43)46-28-16-30-52-54(46)49-36-48-47-27-13-14-29-50(47)58(44-23-9-3-10-24-44,45-25-11-4-12-26-45)51(48)37-53(49)62-52/h1-37H. The smallest absolute Gasteiger partial charge is 0.164 e. The van der Waals surface area contributed by atoms with E-state index in [0.29, 0.717) is 17.5 Å². The molecule has 0 saturated heterocycles. The van der Waals surface area contributed by atoms with Gasteiger partial charge >= 0.3 is 0 Å². The van der Waals surface area contributed by atoms with E-state index in [1.54, 1.807) is 0 Å². The van der Waals surface area contributed by atoms with Crippen molar-refractivity contribution in [3.8, 4) is 67.5 Å². The Morgan fingerprint density at radius 2 is 0.790 bits per heavy atom. The van der Waals surface area contributed by atoms with E-state index in [2.05, 4.69) is 188 Å². The zero-order valence-corrected chi connectivity index (χ0v) is 33.6. The SMILES string of the molecule is c1ccc(-c2ccc(-c3nc(-c4ccccc4)nc(-c4cccc(-c5cccc6oc7cc8c(cc7c56)-c5ccccc5C8(c5ccccc5)c5ccccc5)c4)n3)cc2)cc1. The van der Waals surface area contributed by atoms with Crippen LogP contribution in [0.2, 0.25) is 0 Å². The summed E-state index contributed by atoms with van der Waals surface area (Å²) in [6.45, 7) is 0. The van der Waals surface area contributed by atoms with E-state index in [4.69, 9.17) is 19.4 Å². The van der Waals surface area contributed by atoms with Crippen molar-refractivity contribution < 1.29 is 4.42 Å². The van der Waals surface area contributed by atoms with Crippen LogP contribution in [-0.2, 0) is 5.41 Å². The Hall–Kier alpha value is -8.21. The number of nitrogens with zero attached hydrogens (tertiary/aromatic N) is 3. The van der Waals surface area contributed by atoms with Crippen LogP contribution in [0.5, 0.6) is 0 Å². The number of hydrogen-bond acceptors (Lipinski definition) is 4. The van der Waals surface area contributed by atoms with Gasteiger partial charge in [0.2, 0.25) is 0 Å². The maximum absolute atomic E-state index is 6.85. The molecule has 11 aromatic rings. The van der Waals surface area contributed by atoms with Gasteiger partial charge in [-0.1, -0.05) is 200 Å². The van der Waals surface area contributed by atoms with Crippen molar-refractivity contribution >= 4 is 21.9 Å². The van der Waals surface area contributed by atoms with E-state index >= 15 is 0 Å². The minimum Gasteiger partial charge on any atom is -0.456 e. The topological polar surface area (TPSA) is 51.8 Å². The Balaban J connectivity index is 1.01. The molecule has 0 radical (unpaired) electrons. The zero-order chi connectivity index (χ0) is 41.0. The molecule has 9 aromatic carbocycles.